The smallest absolute Gasteiger partial charge is 0.246 e. The zero-order chi connectivity index (χ0) is 19.7. The molecule has 6 heteroatoms. The molecule has 142 valence electrons. The highest BCUT2D eigenvalue weighted by Crippen LogP contribution is 2.50. The highest BCUT2D eigenvalue weighted by Gasteiger charge is 2.53. The van der Waals surface area contributed by atoms with Crippen LogP contribution in [0.2, 0.25) is 0 Å². The molecule has 0 atom stereocenters. The molecule has 1 saturated carbocycles. The molecule has 1 heterocycles. The maximum Gasteiger partial charge on any atom is 0.246 e. The molecule has 1 aliphatic heterocycles. The molecule has 0 bridgehead atoms. The zero-order valence-electron chi connectivity index (χ0n) is 15.7. The Kier molecular flexibility index (Phi) is 4.52. The van der Waals surface area contributed by atoms with Crippen LogP contribution in [0.5, 0.6) is 5.75 Å². The summed E-state index contributed by atoms with van der Waals surface area (Å²) in [5.74, 6) is 0.610. The number of piperazine rings is 1. The van der Waals surface area contributed by atoms with Gasteiger partial charge in [-0.15, -0.1) is 0 Å². The lowest BCUT2D eigenvalue weighted by molar-refractivity contribution is -0.139. The number of para-hydroxylation sites is 1. The van der Waals surface area contributed by atoms with Crippen LogP contribution in [0.1, 0.15) is 24.0 Å². The average Bonchev–Trinajstić information content (AvgIpc) is 3.55. The Hall–Kier alpha value is -3.33. The third kappa shape index (κ3) is 2.99. The summed E-state index contributed by atoms with van der Waals surface area (Å²) >= 11 is 0. The summed E-state index contributed by atoms with van der Waals surface area (Å²) in [6.45, 7) is 0.890. The van der Waals surface area contributed by atoms with Crippen molar-refractivity contribution in [3.8, 4) is 11.8 Å². The van der Waals surface area contributed by atoms with Crippen LogP contribution in [0.25, 0.3) is 0 Å². The number of anilines is 1. The molecule has 4 rings (SSSR count). The average molecular weight is 375 g/mol. The van der Waals surface area contributed by atoms with Crippen molar-refractivity contribution in [2.45, 2.75) is 18.3 Å². The summed E-state index contributed by atoms with van der Waals surface area (Å²) in [5, 5.41) is 9.29. The van der Waals surface area contributed by atoms with E-state index in [2.05, 4.69) is 6.07 Å². The van der Waals surface area contributed by atoms with Crippen molar-refractivity contribution < 1.29 is 14.3 Å². The largest absolute Gasteiger partial charge is 0.497 e. The molecular formula is C22H21N3O3. The Morgan fingerprint density at radius 3 is 2.43 bits per heavy atom. The number of nitrogens with zero attached hydrogens (tertiary/aromatic N) is 3. The van der Waals surface area contributed by atoms with Gasteiger partial charge in [0.05, 0.1) is 23.8 Å². The van der Waals surface area contributed by atoms with E-state index in [0.29, 0.717) is 24.3 Å². The summed E-state index contributed by atoms with van der Waals surface area (Å²) in [4.78, 5) is 29.2. The van der Waals surface area contributed by atoms with Crippen LogP contribution in [-0.4, -0.2) is 43.5 Å². The first-order valence-electron chi connectivity index (χ1n) is 9.32. The molecule has 0 unspecified atom stereocenters. The first-order valence-corrected chi connectivity index (χ1v) is 9.32. The van der Waals surface area contributed by atoms with Crippen LogP contribution in [0.3, 0.4) is 0 Å². The van der Waals surface area contributed by atoms with E-state index in [1.807, 2.05) is 30.3 Å². The van der Waals surface area contributed by atoms with Crippen molar-refractivity contribution in [1.29, 1.82) is 5.26 Å². The van der Waals surface area contributed by atoms with Gasteiger partial charge in [0.25, 0.3) is 0 Å². The molecule has 1 saturated heterocycles. The highest BCUT2D eigenvalue weighted by molar-refractivity contribution is 6.01. The minimum Gasteiger partial charge on any atom is -0.497 e. The molecular weight excluding hydrogens is 354 g/mol. The van der Waals surface area contributed by atoms with Crippen molar-refractivity contribution in [3.05, 3.63) is 59.7 Å². The van der Waals surface area contributed by atoms with Crippen LogP contribution in [-0.2, 0) is 15.0 Å². The van der Waals surface area contributed by atoms with Crippen LogP contribution < -0.4 is 9.64 Å². The molecule has 28 heavy (non-hydrogen) atoms. The van der Waals surface area contributed by atoms with Crippen LogP contribution >= 0.6 is 0 Å². The second-order valence-electron chi connectivity index (χ2n) is 7.21. The van der Waals surface area contributed by atoms with Gasteiger partial charge in [0, 0.05) is 13.1 Å². The SMILES string of the molecule is COc1ccc(C2(C(=O)N3CCN(c4ccccc4C#N)C(=O)C3)CC2)cc1. The Morgan fingerprint density at radius 1 is 1.11 bits per heavy atom. The standard InChI is InChI=1S/C22H21N3O3/c1-28-18-8-6-17(7-9-18)22(10-11-22)21(27)24-12-13-25(20(26)15-24)19-5-3-2-4-16(19)14-23/h2-9H,10-13,15H2,1H3. The molecule has 2 aromatic carbocycles. The Morgan fingerprint density at radius 2 is 1.82 bits per heavy atom. The number of methoxy groups -OCH3 is 1. The second kappa shape index (κ2) is 7.01. The molecule has 6 nitrogen and oxygen atoms in total. The van der Waals surface area contributed by atoms with Crippen molar-refractivity contribution >= 4 is 17.5 Å². The molecule has 0 radical (unpaired) electrons. The van der Waals surface area contributed by atoms with E-state index in [-0.39, 0.29) is 18.4 Å². The van der Waals surface area contributed by atoms with Crippen molar-refractivity contribution in [1.82, 2.24) is 4.90 Å². The van der Waals surface area contributed by atoms with Gasteiger partial charge in [0.15, 0.2) is 0 Å². The molecule has 2 fully saturated rings. The quantitative estimate of drug-likeness (QED) is 0.823. The normalized spacial score (nSPS) is 17.8. The maximum atomic E-state index is 13.2. The molecule has 1 aliphatic carbocycles. The minimum atomic E-state index is -0.515. The number of ether oxygens (including phenoxy) is 1. The van der Waals surface area contributed by atoms with E-state index < -0.39 is 5.41 Å². The molecule has 2 amide bonds. The fraction of sp³-hybridized carbons (Fsp3) is 0.318. The van der Waals surface area contributed by atoms with E-state index in [4.69, 9.17) is 4.74 Å². The molecule has 0 spiro atoms. The number of amides is 2. The third-order valence-corrected chi connectivity index (χ3v) is 5.63. The number of hydrogen-bond donors (Lipinski definition) is 0. The third-order valence-electron chi connectivity index (χ3n) is 5.63. The Balaban J connectivity index is 1.50. The van der Waals surface area contributed by atoms with Crippen molar-refractivity contribution in [2.75, 3.05) is 31.6 Å². The zero-order valence-corrected chi connectivity index (χ0v) is 15.7. The van der Waals surface area contributed by atoms with E-state index in [0.717, 1.165) is 24.2 Å². The van der Waals surface area contributed by atoms with Crippen molar-refractivity contribution in [2.24, 2.45) is 0 Å². The second-order valence-corrected chi connectivity index (χ2v) is 7.21. The number of hydrogen-bond acceptors (Lipinski definition) is 4. The minimum absolute atomic E-state index is 0.0132. The maximum absolute atomic E-state index is 13.2. The van der Waals surface area contributed by atoms with E-state index in [1.54, 1.807) is 35.1 Å². The van der Waals surface area contributed by atoms with Gasteiger partial charge < -0.3 is 14.5 Å². The fourth-order valence-electron chi connectivity index (χ4n) is 3.87. The number of carbonyl (C=O) groups is 2. The molecule has 2 aliphatic rings. The van der Waals surface area contributed by atoms with Gasteiger partial charge in [-0.05, 0) is 42.7 Å². The van der Waals surface area contributed by atoms with Gasteiger partial charge in [-0.1, -0.05) is 24.3 Å². The van der Waals surface area contributed by atoms with Crippen LogP contribution in [0, 0.1) is 11.3 Å². The van der Waals surface area contributed by atoms with Gasteiger partial charge in [0.2, 0.25) is 11.8 Å². The van der Waals surface area contributed by atoms with Crippen LogP contribution in [0.15, 0.2) is 48.5 Å². The predicted octanol–water partition coefficient (Wildman–Crippen LogP) is 2.47. The Bertz CT molecular complexity index is 958. The predicted molar refractivity (Wildman–Crippen MR) is 104 cm³/mol. The number of carbonyl (C=O) groups excluding carboxylic acids is 2. The van der Waals surface area contributed by atoms with E-state index >= 15 is 0 Å². The first-order chi connectivity index (χ1) is 13.6. The van der Waals surface area contributed by atoms with E-state index in [1.165, 1.54) is 0 Å². The molecule has 0 N–H and O–H groups in total. The number of nitriles is 1. The van der Waals surface area contributed by atoms with Crippen LogP contribution in [0.4, 0.5) is 5.69 Å². The lowest BCUT2D eigenvalue weighted by atomic mass is 9.94. The number of rotatable bonds is 4. The summed E-state index contributed by atoms with van der Waals surface area (Å²) in [7, 11) is 1.61. The summed E-state index contributed by atoms with van der Waals surface area (Å²) in [5.41, 5.74) is 1.54. The lowest BCUT2D eigenvalue weighted by Crippen LogP contribution is -2.54. The molecule has 2 aromatic rings. The summed E-state index contributed by atoms with van der Waals surface area (Å²) < 4.78 is 5.20. The first kappa shape index (κ1) is 18.1. The number of benzene rings is 2. The van der Waals surface area contributed by atoms with Gasteiger partial charge in [-0.2, -0.15) is 5.26 Å². The van der Waals surface area contributed by atoms with Crippen molar-refractivity contribution in [3.63, 3.8) is 0 Å². The van der Waals surface area contributed by atoms with Gasteiger partial charge >= 0.3 is 0 Å². The Labute approximate surface area is 163 Å². The van der Waals surface area contributed by atoms with Gasteiger partial charge in [0.1, 0.15) is 18.4 Å². The highest BCUT2D eigenvalue weighted by atomic mass is 16.5. The lowest BCUT2D eigenvalue weighted by Gasteiger charge is -2.36. The summed E-state index contributed by atoms with van der Waals surface area (Å²) in [6, 6.07) is 16.8. The van der Waals surface area contributed by atoms with Gasteiger partial charge in [-0.3, -0.25) is 9.59 Å². The molecule has 0 aromatic heterocycles. The van der Waals surface area contributed by atoms with E-state index in [9.17, 15) is 14.9 Å². The fourth-order valence-corrected chi connectivity index (χ4v) is 3.87. The monoisotopic (exact) mass is 375 g/mol. The topological polar surface area (TPSA) is 73.6 Å². The van der Waals surface area contributed by atoms with Gasteiger partial charge in [-0.25, -0.2) is 0 Å². The summed E-state index contributed by atoms with van der Waals surface area (Å²) in [6.07, 6.45) is 1.59.